The van der Waals surface area contributed by atoms with Crippen LogP contribution in [0.1, 0.15) is 30.4 Å². The summed E-state index contributed by atoms with van der Waals surface area (Å²) in [6, 6.07) is 2.01. The van der Waals surface area contributed by atoms with E-state index >= 15 is 0 Å². The number of nitrogens with one attached hydrogen (secondary N) is 1. The van der Waals surface area contributed by atoms with Gasteiger partial charge in [0.1, 0.15) is 10.3 Å². The summed E-state index contributed by atoms with van der Waals surface area (Å²) in [6.07, 6.45) is 0. The Bertz CT molecular complexity index is 372. The minimum Gasteiger partial charge on any atom is -0.349 e. The van der Waals surface area contributed by atoms with E-state index in [9.17, 15) is 4.79 Å². The average molecular weight is 258 g/mol. The molecule has 2 heterocycles. The van der Waals surface area contributed by atoms with Crippen molar-refractivity contribution in [1.29, 1.82) is 0 Å². The van der Waals surface area contributed by atoms with Gasteiger partial charge in [0.25, 0.3) is 5.91 Å². The van der Waals surface area contributed by atoms with Gasteiger partial charge in [-0.3, -0.25) is 9.48 Å². The van der Waals surface area contributed by atoms with Crippen LogP contribution in [0.15, 0.2) is 10.7 Å². The van der Waals surface area contributed by atoms with E-state index in [0.717, 1.165) is 4.60 Å². The van der Waals surface area contributed by atoms with Crippen molar-refractivity contribution in [1.82, 2.24) is 15.1 Å². The fourth-order valence-corrected chi connectivity index (χ4v) is 2.07. The fraction of sp³-hybridized carbons (Fsp3) is 0.556. The second-order valence-electron chi connectivity index (χ2n) is 3.82. The molecule has 1 atom stereocenters. The van der Waals surface area contributed by atoms with Crippen molar-refractivity contribution >= 4 is 21.8 Å². The fourth-order valence-electron chi connectivity index (χ4n) is 1.68. The first-order valence-corrected chi connectivity index (χ1v) is 5.42. The molecule has 1 amide bonds. The van der Waals surface area contributed by atoms with Crippen LogP contribution in [-0.2, 0) is 0 Å². The summed E-state index contributed by atoms with van der Waals surface area (Å²) in [5.41, 5.74) is 0.641. The van der Waals surface area contributed by atoms with Gasteiger partial charge in [0.05, 0.1) is 6.04 Å². The number of amides is 1. The molecule has 0 fully saturated rings. The maximum Gasteiger partial charge on any atom is 0.269 e. The molecule has 0 aliphatic carbocycles. The molecule has 1 N–H and O–H groups in total. The Labute approximate surface area is 90.8 Å². The molecule has 0 aromatic carbocycles. The predicted octanol–water partition coefficient (Wildman–Crippen LogP) is 1.59. The van der Waals surface area contributed by atoms with Gasteiger partial charge in [-0.25, -0.2) is 0 Å². The van der Waals surface area contributed by atoms with E-state index in [4.69, 9.17) is 0 Å². The topological polar surface area (TPSA) is 46.9 Å². The van der Waals surface area contributed by atoms with Gasteiger partial charge < -0.3 is 5.32 Å². The van der Waals surface area contributed by atoms with Crippen molar-refractivity contribution in [3.63, 3.8) is 0 Å². The maximum atomic E-state index is 11.5. The first-order valence-electron chi connectivity index (χ1n) is 4.63. The predicted molar refractivity (Wildman–Crippen MR) is 56.1 cm³/mol. The van der Waals surface area contributed by atoms with Crippen LogP contribution in [0.2, 0.25) is 0 Å². The number of carbonyl (C=O) groups is 1. The Balaban J connectivity index is 2.46. The number of fused-ring (bicyclic) bond motifs is 1. The highest BCUT2D eigenvalue weighted by atomic mass is 79.9. The van der Waals surface area contributed by atoms with Gasteiger partial charge in [-0.1, -0.05) is 13.8 Å². The molecule has 76 valence electrons. The van der Waals surface area contributed by atoms with Crippen LogP contribution in [0.4, 0.5) is 0 Å². The summed E-state index contributed by atoms with van der Waals surface area (Å²) in [5, 5.41) is 7.14. The van der Waals surface area contributed by atoms with E-state index in [1.54, 1.807) is 6.07 Å². The zero-order chi connectivity index (χ0) is 10.3. The molecule has 0 bridgehead atoms. The Kier molecular flexibility index (Phi) is 2.34. The molecule has 0 spiro atoms. The van der Waals surface area contributed by atoms with Gasteiger partial charge in [-0.15, -0.1) is 0 Å². The quantitative estimate of drug-likeness (QED) is 0.831. The summed E-state index contributed by atoms with van der Waals surface area (Å²) in [5.74, 6) is 0.418. The maximum absolute atomic E-state index is 11.5. The number of hydrogen-bond donors (Lipinski definition) is 1. The van der Waals surface area contributed by atoms with E-state index in [1.165, 1.54) is 0 Å². The smallest absolute Gasteiger partial charge is 0.269 e. The number of halogens is 1. The lowest BCUT2D eigenvalue weighted by molar-refractivity contribution is 0.0897. The van der Waals surface area contributed by atoms with Crippen LogP contribution in [0.25, 0.3) is 0 Å². The standard InChI is InChI=1S/C9H12BrN3O/c1-5(2)7-4-11-9(14)6-3-8(10)12-13(6)7/h3,5,7H,4H2,1-2H3,(H,11,14). The molecule has 0 radical (unpaired) electrons. The monoisotopic (exact) mass is 257 g/mol. The van der Waals surface area contributed by atoms with Crippen LogP contribution >= 0.6 is 15.9 Å². The molecule has 5 heteroatoms. The van der Waals surface area contributed by atoms with Gasteiger partial charge >= 0.3 is 0 Å². The summed E-state index contributed by atoms with van der Waals surface area (Å²) >= 11 is 3.28. The van der Waals surface area contributed by atoms with Crippen LogP contribution in [0.3, 0.4) is 0 Å². The molecule has 1 aliphatic rings. The molecule has 1 aromatic rings. The Morgan fingerprint density at radius 1 is 1.71 bits per heavy atom. The Morgan fingerprint density at radius 2 is 2.43 bits per heavy atom. The van der Waals surface area contributed by atoms with Crippen molar-refractivity contribution in [3.05, 3.63) is 16.4 Å². The molecule has 1 aromatic heterocycles. The van der Waals surface area contributed by atoms with Gasteiger partial charge in [-0.05, 0) is 21.8 Å². The highest BCUT2D eigenvalue weighted by Crippen LogP contribution is 2.24. The third-order valence-electron chi connectivity index (χ3n) is 2.49. The van der Waals surface area contributed by atoms with Crippen molar-refractivity contribution in [2.45, 2.75) is 19.9 Å². The SMILES string of the molecule is CC(C)C1CNC(=O)c2cc(Br)nn21. The van der Waals surface area contributed by atoms with Crippen molar-refractivity contribution < 1.29 is 4.79 Å². The van der Waals surface area contributed by atoms with Gasteiger partial charge in [0.2, 0.25) is 0 Å². The van der Waals surface area contributed by atoms with E-state index in [-0.39, 0.29) is 11.9 Å². The Hall–Kier alpha value is -0.840. The minimum atomic E-state index is -0.0416. The van der Waals surface area contributed by atoms with Gasteiger partial charge in [-0.2, -0.15) is 5.10 Å². The molecule has 0 saturated carbocycles. The highest BCUT2D eigenvalue weighted by molar-refractivity contribution is 9.10. The minimum absolute atomic E-state index is 0.0416. The molecular formula is C9H12BrN3O. The molecule has 0 saturated heterocycles. The Morgan fingerprint density at radius 3 is 3.07 bits per heavy atom. The van der Waals surface area contributed by atoms with Gasteiger partial charge in [0, 0.05) is 12.6 Å². The average Bonchev–Trinajstić information content (AvgIpc) is 2.47. The number of nitrogens with zero attached hydrogens (tertiary/aromatic N) is 2. The van der Waals surface area contributed by atoms with E-state index in [0.29, 0.717) is 18.2 Å². The first kappa shape index (κ1) is 9.71. The normalized spacial score (nSPS) is 20.9. The molecule has 2 rings (SSSR count). The molecular weight excluding hydrogens is 246 g/mol. The van der Waals surface area contributed by atoms with Crippen molar-refractivity contribution in [2.24, 2.45) is 5.92 Å². The summed E-state index contributed by atoms with van der Waals surface area (Å²) in [6.45, 7) is 4.92. The highest BCUT2D eigenvalue weighted by Gasteiger charge is 2.28. The van der Waals surface area contributed by atoms with Crippen LogP contribution in [0, 0.1) is 5.92 Å². The molecule has 1 unspecified atom stereocenters. The number of hydrogen-bond acceptors (Lipinski definition) is 2. The van der Waals surface area contributed by atoms with Crippen LogP contribution < -0.4 is 5.32 Å². The first-order chi connectivity index (χ1) is 6.59. The lowest BCUT2D eigenvalue weighted by Gasteiger charge is -2.27. The summed E-state index contributed by atoms with van der Waals surface area (Å²) in [4.78, 5) is 11.5. The second kappa shape index (κ2) is 3.38. The third-order valence-corrected chi connectivity index (χ3v) is 2.88. The largest absolute Gasteiger partial charge is 0.349 e. The number of aromatic nitrogens is 2. The number of rotatable bonds is 1. The van der Waals surface area contributed by atoms with Crippen molar-refractivity contribution in [3.8, 4) is 0 Å². The molecule has 14 heavy (non-hydrogen) atoms. The van der Waals surface area contributed by atoms with Gasteiger partial charge in [0.15, 0.2) is 0 Å². The second-order valence-corrected chi connectivity index (χ2v) is 4.63. The molecule has 4 nitrogen and oxygen atoms in total. The van der Waals surface area contributed by atoms with Crippen molar-refractivity contribution in [2.75, 3.05) is 6.54 Å². The van der Waals surface area contributed by atoms with E-state index < -0.39 is 0 Å². The third kappa shape index (κ3) is 1.45. The zero-order valence-electron chi connectivity index (χ0n) is 8.12. The zero-order valence-corrected chi connectivity index (χ0v) is 9.71. The van der Waals surface area contributed by atoms with Crippen LogP contribution in [0.5, 0.6) is 0 Å². The van der Waals surface area contributed by atoms with Crippen LogP contribution in [-0.4, -0.2) is 22.2 Å². The lowest BCUT2D eigenvalue weighted by atomic mass is 10.0. The summed E-state index contributed by atoms with van der Waals surface area (Å²) in [7, 11) is 0. The lowest BCUT2D eigenvalue weighted by Crippen LogP contribution is -2.41. The van der Waals surface area contributed by atoms with E-state index in [1.807, 2.05) is 4.68 Å². The van der Waals surface area contributed by atoms with E-state index in [2.05, 4.69) is 40.2 Å². The molecule has 1 aliphatic heterocycles. The number of carbonyl (C=O) groups excluding carboxylic acids is 1. The summed E-state index contributed by atoms with van der Waals surface area (Å²) < 4.78 is 2.53.